The molecule has 1 aliphatic rings. The van der Waals surface area contributed by atoms with Gasteiger partial charge in [0, 0.05) is 23.3 Å². The van der Waals surface area contributed by atoms with Gasteiger partial charge in [-0.05, 0) is 23.8 Å². The molecule has 0 spiro atoms. The van der Waals surface area contributed by atoms with E-state index in [1.165, 1.54) is 4.90 Å². The fourth-order valence-electron chi connectivity index (χ4n) is 3.00. The zero-order chi connectivity index (χ0) is 17.3. The lowest BCUT2D eigenvalue weighted by Crippen LogP contribution is -2.56. The summed E-state index contributed by atoms with van der Waals surface area (Å²) in [5.74, 6) is 2.71. The van der Waals surface area contributed by atoms with Crippen molar-refractivity contribution in [2.24, 2.45) is 4.99 Å². The molecule has 0 saturated carbocycles. The van der Waals surface area contributed by atoms with Crippen molar-refractivity contribution in [2.75, 3.05) is 12.1 Å². The predicted octanol–water partition coefficient (Wildman–Crippen LogP) is 3.30. The quantitative estimate of drug-likeness (QED) is 0.592. The van der Waals surface area contributed by atoms with Crippen LogP contribution < -0.4 is 5.06 Å². The fraction of sp³-hybridized carbons (Fsp3) is 0.111. The summed E-state index contributed by atoms with van der Waals surface area (Å²) >= 11 is 6.15. The molecule has 0 radical (unpaired) electrons. The van der Waals surface area contributed by atoms with E-state index in [0.29, 0.717) is 21.3 Å². The molecule has 118 valence electrons. The smallest absolute Gasteiger partial charge is 0.209 e. The first-order valence-corrected chi connectivity index (χ1v) is 7.45. The second-order valence-corrected chi connectivity index (χ2v) is 5.68. The van der Waals surface area contributed by atoms with E-state index in [2.05, 4.69) is 10.9 Å². The number of hydroxylamine groups is 1. The van der Waals surface area contributed by atoms with Crippen LogP contribution >= 0.6 is 11.6 Å². The van der Waals surface area contributed by atoms with E-state index in [9.17, 15) is 5.21 Å². The maximum Gasteiger partial charge on any atom is 0.209 e. The number of hydrogen-bond donors (Lipinski definition) is 0. The number of guanidine groups is 1. The van der Waals surface area contributed by atoms with Gasteiger partial charge in [0.2, 0.25) is 12.2 Å². The summed E-state index contributed by atoms with van der Waals surface area (Å²) in [4.78, 5) is 5.19. The van der Waals surface area contributed by atoms with Crippen molar-refractivity contribution in [3.63, 3.8) is 0 Å². The standard InChI is InChI=1S/C18H12ClN4O/c1-3-18(13-7-5-4-6-8-13)15-11-14(19)9-10-16(15)23(24)17(21-12-20)22(18)2/h1,4-11H,2H3/q-1. The first-order valence-electron chi connectivity index (χ1n) is 7.07. The highest BCUT2D eigenvalue weighted by atomic mass is 35.5. The Kier molecular flexibility index (Phi) is 3.91. The largest absolute Gasteiger partial charge is 0.752 e. The summed E-state index contributed by atoms with van der Waals surface area (Å²) in [6, 6.07) is 14.2. The van der Waals surface area contributed by atoms with Gasteiger partial charge in [-0.3, -0.25) is 0 Å². The molecular formula is C18H12ClN4O-. The summed E-state index contributed by atoms with van der Waals surface area (Å²) in [7, 11) is 1.64. The third kappa shape index (κ3) is 2.11. The maximum atomic E-state index is 12.6. The van der Waals surface area contributed by atoms with E-state index < -0.39 is 5.54 Å². The molecule has 0 fully saturated rings. The summed E-state index contributed by atoms with van der Waals surface area (Å²) in [6.45, 7) is 0. The second-order valence-electron chi connectivity index (χ2n) is 5.25. The Balaban J connectivity index is 2.42. The Morgan fingerprint density at radius 3 is 2.58 bits per heavy atom. The molecule has 1 atom stereocenters. The number of aliphatic imine (C=N–C) groups is 1. The minimum atomic E-state index is -1.10. The summed E-state index contributed by atoms with van der Waals surface area (Å²) < 4.78 is 0. The summed E-state index contributed by atoms with van der Waals surface area (Å²) in [5.41, 5.74) is 0.557. The van der Waals surface area contributed by atoms with E-state index >= 15 is 0 Å². The third-order valence-electron chi connectivity index (χ3n) is 4.10. The van der Waals surface area contributed by atoms with Crippen LogP contribution in [0.2, 0.25) is 5.02 Å². The van der Waals surface area contributed by atoms with Gasteiger partial charge in [0.25, 0.3) is 0 Å². The molecule has 0 N–H and O–H groups in total. The van der Waals surface area contributed by atoms with Gasteiger partial charge in [-0.1, -0.05) is 47.9 Å². The van der Waals surface area contributed by atoms with Gasteiger partial charge in [-0.15, -0.1) is 11.4 Å². The minimum absolute atomic E-state index is 0.0749. The van der Waals surface area contributed by atoms with Gasteiger partial charge < -0.3 is 15.2 Å². The van der Waals surface area contributed by atoms with Crippen molar-refractivity contribution >= 4 is 23.2 Å². The molecule has 1 heterocycles. The molecular weight excluding hydrogens is 324 g/mol. The van der Waals surface area contributed by atoms with E-state index in [1.54, 1.807) is 31.4 Å². The molecule has 2 aromatic carbocycles. The van der Waals surface area contributed by atoms with E-state index in [0.717, 1.165) is 5.56 Å². The molecule has 3 rings (SSSR count). The zero-order valence-electron chi connectivity index (χ0n) is 12.8. The third-order valence-corrected chi connectivity index (χ3v) is 4.34. The van der Waals surface area contributed by atoms with Crippen molar-refractivity contribution < 1.29 is 0 Å². The van der Waals surface area contributed by atoms with Crippen LogP contribution in [0.25, 0.3) is 0 Å². The average Bonchev–Trinajstić information content (AvgIpc) is 2.60. The number of nitriles is 1. The Labute approximate surface area is 145 Å². The van der Waals surface area contributed by atoms with Crippen molar-refractivity contribution in [3.8, 4) is 18.5 Å². The summed E-state index contributed by atoms with van der Waals surface area (Å²) in [6.07, 6.45) is 7.60. The molecule has 0 amide bonds. The summed E-state index contributed by atoms with van der Waals surface area (Å²) in [5, 5.41) is 22.7. The molecule has 0 bridgehead atoms. The minimum Gasteiger partial charge on any atom is -0.752 e. The molecule has 0 saturated heterocycles. The van der Waals surface area contributed by atoms with Crippen LogP contribution in [0.15, 0.2) is 53.5 Å². The molecule has 2 aromatic rings. The lowest BCUT2D eigenvalue weighted by molar-refractivity contribution is 0.330. The Bertz CT molecular complexity index is 897. The van der Waals surface area contributed by atoms with Gasteiger partial charge >= 0.3 is 0 Å². The van der Waals surface area contributed by atoms with Gasteiger partial charge in [0.1, 0.15) is 0 Å². The van der Waals surface area contributed by atoms with Crippen molar-refractivity contribution in [1.29, 1.82) is 5.26 Å². The topological polar surface area (TPSA) is 65.7 Å². The van der Waals surface area contributed by atoms with Crippen LogP contribution in [0.5, 0.6) is 0 Å². The van der Waals surface area contributed by atoms with Crippen LogP contribution in [-0.4, -0.2) is 17.9 Å². The number of hydrogen-bond acceptors (Lipinski definition) is 3. The van der Waals surface area contributed by atoms with E-state index in [4.69, 9.17) is 23.3 Å². The van der Waals surface area contributed by atoms with Crippen LogP contribution in [0, 0.1) is 29.0 Å². The first-order chi connectivity index (χ1) is 11.6. The van der Waals surface area contributed by atoms with Crippen LogP contribution in [0.3, 0.4) is 0 Å². The monoisotopic (exact) mass is 335 g/mol. The number of benzene rings is 2. The maximum absolute atomic E-state index is 12.6. The number of rotatable bonds is 1. The highest BCUT2D eigenvalue weighted by molar-refractivity contribution is 6.30. The van der Waals surface area contributed by atoms with Crippen LogP contribution in [0.1, 0.15) is 11.1 Å². The Morgan fingerprint density at radius 2 is 1.96 bits per heavy atom. The Hall–Kier alpha value is -2.99. The van der Waals surface area contributed by atoms with Gasteiger partial charge in [-0.25, -0.2) is 0 Å². The fourth-order valence-corrected chi connectivity index (χ4v) is 3.17. The zero-order valence-corrected chi connectivity index (χ0v) is 13.5. The van der Waals surface area contributed by atoms with E-state index in [1.807, 2.05) is 30.3 Å². The molecule has 24 heavy (non-hydrogen) atoms. The van der Waals surface area contributed by atoms with E-state index in [-0.39, 0.29) is 5.96 Å². The average molecular weight is 336 g/mol. The number of anilines is 1. The highest BCUT2D eigenvalue weighted by Gasteiger charge is 2.44. The molecule has 5 nitrogen and oxygen atoms in total. The van der Waals surface area contributed by atoms with Gasteiger partial charge in [0.05, 0.1) is 0 Å². The molecule has 0 aromatic heterocycles. The lowest BCUT2D eigenvalue weighted by Gasteiger charge is -2.51. The number of halogens is 1. The predicted molar refractivity (Wildman–Crippen MR) is 94.2 cm³/mol. The molecule has 6 heteroatoms. The number of fused-ring (bicyclic) bond motifs is 1. The first kappa shape index (κ1) is 15.9. The molecule has 1 aliphatic heterocycles. The number of terminal acetylenes is 1. The van der Waals surface area contributed by atoms with Crippen molar-refractivity contribution in [2.45, 2.75) is 5.54 Å². The SMILES string of the molecule is C#CC1(c2ccccc2)c2cc(Cl)ccc2N([O-])C(=NC#N)N1C. The normalized spacial score (nSPS) is 21.1. The lowest BCUT2D eigenvalue weighted by atomic mass is 9.80. The van der Waals surface area contributed by atoms with Crippen molar-refractivity contribution in [1.82, 2.24) is 4.90 Å². The highest BCUT2D eigenvalue weighted by Crippen LogP contribution is 2.45. The van der Waals surface area contributed by atoms with Crippen LogP contribution in [0.4, 0.5) is 5.69 Å². The second kappa shape index (κ2) is 5.90. The number of nitrogens with zero attached hydrogens (tertiary/aromatic N) is 4. The van der Waals surface area contributed by atoms with Crippen molar-refractivity contribution in [3.05, 3.63) is 69.9 Å². The van der Waals surface area contributed by atoms with Gasteiger partial charge in [-0.2, -0.15) is 5.26 Å². The van der Waals surface area contributed by atoms with Crippen LogP contribution in [-0.2, 0) is 5.54 Å². The Morgan fingerprint density at radius 1 is 1.25 bits per heavy atom. The molecule has 1 unspecified atom stereocenters. The molecule has 0 aliphatic carbocycles. The van der Waals surface area contributed by atoms with Gasteiger partial charge in [0.15, 0.2) is 5.54 Å².